The van der Waals surface area contributed by atoms with Crippen molar-refractivity contribution in [1.29, 1.82) is 0 Å². The number of imidazole rings is 1. The first kappa shape index (κ1) is 22.7. The van der Waals surface area contributed by atoms with Gasteiger partial charge in [0, 0.05) is 6.20 Å². The first-order chi connectivity index (χ1) is 17.9. The second-order valence-electron chi connectivity index (χ2n) is 8.57. The van der Waals surface area contributed by atoms with Crippen molar-refractivity contribution in [3.63, 3.8) is 0 Å². The van der Waals surface area contributed by atoms with Gasteiger partial charge in [0.1, 0.15) is 22.8 Å². The number of nitrogens with zero attached hydrogens (tertiary/aromatic N) is 4. The number of aromatic hydroxyl groups is 1. The van der Waals surface area contributed by atoms with Crippen LogP contribution >= 0.6 is 11.3 Å². The first-order valence-corrected chi connectivity index (χ1v) is 12.2. The van der Waals surface area contributed by atoms with Gasteiger partial charge in [-0.05, 0) is 55.0 Å². The van der Waals surface area contributed by atoms with E-state index in [-0.39, 0.29) is 17.1 Å². The monoisotopic (exact) mass is 512 g/mol. The van der Waals surface area contributed by atoms with Crippen LogP contribution in [-0.2, 0) is 9.59 Å². The Hall–Kier alpha value is -4.70. The molecule has 4 heterocycles. The number of aliphatic hydroxyl groups is 1. The highest BCUT2D eigenvalue weighted by Gasteiger charge is 2.48. The molecule has 5 aromatic rings. The van der Waals surface area contributed by atoms with Gasteiger partial charge in [-0.25, -0.2) is 9.97 Å². The molecule has 1 saturated heterocycles. The molecule has 1 amide bonds. The van der Waals surface area contributed by atoms with E-state index in [0.717, 1.165) is 4.70 Å². The zero-order chi connectivity index (χ0) is 25.8. The van der Waals surface area contributed by atoms with E-state index in [1.165, 1.54) is 28.4 Å². The fourth-order valence-corrected chi connectivity index (χ4v) is 5.67. The van der Waals surface area contributed by atoms with Crippen molar-refractivity contribution < 1.29 is 24.5 Å². The first-order valence-electron chi connectivity index (χ1n) is 11.4. The van der Waals surface area contributed by atoms with Crippen molar-refractivity contribution in [2.75, 3.05) is 12.0 Å². The van der Waals surface area contributed by atoms with Gasteiger partial charge in [0.05, 0.1) is 34.6 Å². The molecule has 0 bridgehead atoms. The minimum atomic E-state index is -0.975. The molecule has 184 valence electrons. The predicted octanol–water partition coefficient (Wildman–Crippen LogP) is 4.59. The number of carbonyl (C=O) groups is 2. The Balaban J connectivity index is 1.59. The Labute approximate surface area is 214 Å². The van der Waals surface area contributed by atoms with Gasteiger partial charge < -0.3 is 14.9 Å². The standard InChI is InChI=1S/C27H20N4O5S/c1-14-22(30-12-4-3-5-20(30)28-14)24(33)21-23(15-6-8-16(32)9-7-15)31(26(35)25(21)34)27-29-18-11-10-17(36-2)13-19(18)37-27/h3-13,23,32-33H,1-2H3. The number of amides is 1. The SMILES string of the molecule is COc1ccc2nc(N3C(=O)C(=O)C(=C(O)c4c(C)nc5ccccn45)C3c3ccc(O)cc3)sc2c1. The summed E-state index contributed by atoms with van der Waals surface area (Å²) in [6.45, 7) is 1.73. The topological polar surface area (TPSA) is 117 Å². The molecule has 0 spiro atoms. The number of ketones is 1. The summed E-state index contributed by atoms with van der Waals surface area (Å²) in [6.07, 6.45) is 1.73. The summed E-state index contributed by atoms with van der Waals surface area (Å²) in [4.78, 5) is 37.4. The van der Waals surface area contributed by atoms with Crippen molar-refractivity contribution in [2.24, 2.45) is 0 Å². The molecule has 9 nitrogen and oxygen atoms in total. The van der Waals surface area contributed by atoms with Gasteiger partial charge in [-0.15, -0.1) is 0 Å². The molecule has 3 aromatic heterocycles. The van der Waals surface area contributed by atoms with Crippen LogP contribution in [0.3, 0.4) is 0 Å². The van der Waals surface area contributed by atoms with Gasteiger partial charge in [0.2, 0.25) is 0 Å². The number of methoxy groups -OCH3 is 1. The maximum Gasteiger partial charge on any atom is 0.301 e. The third-order valence-electron chi connectivity index (χ3n) is 6.37. The highest BCUT2D eigenvalue weighted by atomic mass is 32.1. The van der Waals surface area contributed by atoms with Gasteiger partial charge in [0.25, 0.3) is 5.78 Å². The summed E-state index contributed by atoms with van der Waals surface area (Å²) < 4.78 is 7.76. The predicted molar refractivity (Wildman–Crippen MR) is 139 cm³/mol. The Morgan fingerprint density at radius 2 is 1.84 bits per heavy atom. The lowest BCUT2D eigenvalue weighted by atomic mass is 9.96. The van der Waals surface area contributed by atoms with Crippen molar-refractivity contribution in [2.45, 2.75) is 13.0 Å². The molecule has 0 saturated carbocycles. The largest absolute Gasteiger partial charge is 0.508 e. The maximum atomic E-state index is 13.5. The van der Waals surface area contributed by atoms with Gasteiger partial charge in [-0.2, -0.15) is 0 Å². The number of thiazole rings is 1. The lowest BCUT2D eigenvalue weighted by molar-refractivity contribution is -0.132. The number of anilines is 1. The van der Waals surface area contributed by atoms with Crippen LogP contribution in [0.5, 0.6) is 11.5 Å². The molecule has 6 rings (SSSR count). The zero-order valence-corrected chi connectivity index (χ0v) is 20.6. The molecule has 1 aliphatic heterocycles. The molecule has 2 N–H and O–H groups in total. The number of fused-ring (bicyclic) bond motifs is 2. The number of Topliss-reactive ketones (excluding diaryl/α,β-unsaturated/α-hetero) is 1. The molecule has 1 aliphatic rings. The van der Waals surface area contributed by atoms with Crippen LogP contribution in [-0.4, -0.2) is 43.4 Å². The minimum Gasteiger partial charge on any atom is -0.508 e. The van der Waals surface area contributed by atoms with Gasteiger partial charge >= 0.3 is 5.91 Å². The number of phenolic OH excluding ortho intramolecular Hbond substituents is 1. The fourth-order valence-electron chi connectivity index (χ4n) is 4.65. The van der Waals surface area contributed by atoms with E-state index in [1.54, 1.807) is 61.0 Å². The summed E-state index contributed by atoms with van der Waals surface area (Å²) in [5.41, 5.74) is 2.52. The maximum absolute atomic E-state index is 13.5. The van der Waals surface area contributed by atoms with E-state index in [9.17, 15) is 19.8 Å². The van der Waals surface area contributed by atoms with Crippen LogP contribution in [0.4, 0.5) is 5.13 Å². The van der Waals surface area contributed by atoms with Gasteiger partial charge in [-0.1, -0.05) is 29.5 Å². The number of aryl methyl sites for hydroxylation is 1. The second kappa shape index (κ2) is 8.45. The highest BCUT2D eigenvalue weighted by molar-refractivity contribution is 7.22. The molecule has 10 heteroatoms. The quantitative estimate of drug-likeness (QED) is 0.205. The fraction of sp³-hybridized carbons (Fsp3) is 0.111. The lowest BCUT2D eigenvalue weighted by Gasteiger charge is -2.23. The van der Waals surface area contributed by atoms with E-state index in [0.29, 0.717) is 39.0 Å². The molecule has 1 fully saturated rings. The molecule has 2 aromatic carbocycles. The number of ether oxygens (including phenoxy) is 1. The van der Waals surface area contributed by atoms with Crippen molar-refractivity contribution in [3.8, 4) is 11.5 Å². The number of aliphatic hydroxyl groups excluding tert-OH is 1. The Kier molecular flexibility index (Phi) is 5.20. The average Bonchev–Trinajstić information content (AvgIpc) is 3.54. The summed E-state index contributed by atoms with van der Waals surface area (Å²) >= 11 is 1.24. The van der Waals surface area contributed by atoms with Crippen LogP contribution in [0.15, 0.2) is 72.4 Å². The molecule has 37 heavy (non-hydrogen) atoms. The molecule has 0 radical (unpaired) electrons. The minimum absolute atomic E-state index is 0.0328. The van der Waals surface area contributed by atoms with E-state index in [1.807, 2.05) is 12.1 Å². The van der Waals surface area contributed by atoms with Crippen molar-refractivity contribution in [3.05, 3.63) is 89.4 Å². The number of carbonyl (C=O) groups excluding carboxylic acids is 2. The molecular formula is C27H20N4O5S. The number of pyridine rings is 1. The number of benzene rings is 2. The molecular weight excluding hydrogens is 492 g/mol. The van der Waals surface area contributed by atoms with E-state index >= 15 is 0 Å². The smallest absolute Gasteiger partial charge is 0.301 e. The number of rotatable bonds is 4. The van der Waals surface area contributed by atoms with Crippen LogP contribution in [0.25, 0.3) is 21.6 Å². The van der Waals surface area contributed by atoms with Crippen molar-refractivity contribution in [1.82, 2.24) is 14.4 Å². The van der Waals surface area contributed by atoms with Crippen LogP contribution in [0.1, 0.15) is 23.0 Å². The Morgan fingerprint density at radius 1 is 1.05 bits per heavy atom. The lowest BCUT2D eigenvalue weighted by Crippen LogP contribution is -2.29. The highest BCUT2D eigenvalue weighted by Crippen LogP contribution is 2.45. The van der Waals surface area contributed by atoms with Gasteiger partial charge in [0.15, 0.2) is 10.9 Å². The number of aromatic nitrogens is 3. The summed E-state index contributed by atoms with van der Waals surface area (Å²) in [7, 11) is 1.56. The van der Waals surface area contributed by atoms with Crippen molar-refractivity contribution >= 4 is 49.8 Å². The number of phenols is 1. The number of hydrogen-bond donors (Lipinski definition) is 2. The van der Waals surface area contributed by atoms with E-state index < -0.39 is 17.7 Å². The summed E-state index contributed by atoms with van der Waals surface area (Å²) in [5, 5.41) is 21.7. The number of hydrogen-bond acceptors (Lipinski definition) is 8. The third-order valence-corrected chi connectivity index (χ3v) is 7.39. The van der Waals surface area contributed by atoms with E-state index in [2.05, 4.69) is 9.97 Å². The molecule has 1 atom stereocenters. The van der Waals surface area contributed by atoms with E-state index in [4.69, 9.17) is 4.74 Å². The zero-order valence-electron chi connectivity index (χ0n) is 19.7. The molecule has 0 aliphatic carbocycles. The van der Waals surface area contributed by atoms with Crippen LogP contribution in [0.2, 0.25) is 0 Å². The molecule has 1 unspecified atom stereocenters. The second-order valence-corrected chi connectivity index (χ2v) is 9.57. The third kappa shape index (κ3) is 3.53. The van der Waals surface area contributed by atoms with Crippen LogP contribution in [0, 0.1) is 6.92 Å². The summed E-state index contributed by atoms with van der Waals surface area (Å²) in [6, 6.07) is 16.0. The Bertz CT molecular complexity index is 1750. The van der Waals surface area contributed by atoms with Gasteiger partial charge in [-0.3, -0.25) is 18.9 Å². The van der Waals surface area contributed by atoms with Crippen LogP contribution < -0.4 is 9.64 Å². The summed E-state index contributed by atoms with van der Waals surface area (Å²) in [5.74, 6) is -1.30. The average molecular weight is 513 g/mol. The Morgan fingerprint density at radius 3 is 2.59 bits per heavy atom. The normalized spacial score (nSPS) is 17.2.